The number of nitrogens with zero attached hydrogens (tertiary/aromatic N) is 3. The maximum Gasteiger partial charge on any atom is 0.410 e. The first-order valence-electron chi connectivity index (χ1n) is 12.6. The number of aromatic nitrogens is 2. The van der Waals surface area contributed by atoms with E-state index in [9.17, 15) is 9.59 Å². The fourth-order valence-corrected chi connectivity index (χ4v) is 5.82. The summed E-state index contributed by atoms with van der Waals surface area (Å²) < 4.78 is 5.48. The molecule has 2 aromatic heterocycles. The molecule has 3 aromatic rings. The molecule has 3 heterocycles. The molecule has 0 radical (unpaired) electrons. The number of hydrogen-bond acceptors (Lipinski definition) is 6. The van der Waals surface area contributed by atoms with Crippen LogP contribution in [0.3, 0.4) is 0 Å². The molecule has 1 aliphatic heterocycles. The van der Waals surface area contributed by atoms with E-state index in [0.717, 1.165) is 22.8 Å². The number of nitrogens with one attached hydrogen (secondary N) is 1. The third kappa shape index (κ3) is 5.24. The monoisotopic (exact) mass is 506 g/mol. The Morgan fingerprint density at radius 2 is 1.78 bits per heavy atom. The van der Waals surface area contributed by atoms with Crippen LogP contribution in [0.15, 0.2) is 35.7 Å². The number of rotatable bonds is 4. The summed E-state index contributed by atoms with van der Waals surface area (Å²) >= 11 is 1.66. The van der Waals surface area contributed by atoms with Crippen LogP contribution in [0, 0.1) is 6.92 Å². The lowest BCUT2D eigenvalue weighted by atomic mass is 9.89. The average molecular weight is 507 g/mol. The number of amides is 2. The van der Waals surface area contributed by atoms with Gasteiger partial charge in [0, 0.05) is 35.5 Å². The molecule has 0 bridgehead atoms. The second-order valence-electron chi connectivity index (χ2n) is 11.3. The van der Waals surface area contributed by atoms with Gasteiger partial charge in [-0.15, -0.1) is 11.3 Å². The van der Waals surface area contributed by atoms with Gasteiger partial charge in [0.05, 0.1) is 5.69 Å². The minimum absolute atomic E-state index is 0.0754. The van der Waals surface area contributed by atoms with Gasteiger partial charge in [-0.05, 0) is 88.9 Å². The standard InChI is InChI=1S/C28H34N4O3S/c1-17-29-23(20-10-15-36-25(20)30-17)22-16-21(22)18-6-8-19(9-7-18)24(33)31-28(5)11-13-32(14-12-28)26(34)35-27(2,3)4/h6-10,15,21-22H,11-14,16H2,1-5H3,(H,31,33). The Kier molecular flexibility index (Phi) is 6.27. The minimum atomic E-state index is -0.511. The normalized spacial score (nSPS) is 21.3. The van der Waals surface area contributed by atoms with Gasteiger partial charge in [-0.25, -0.2) is 14.8 Å². The molecular weight excluding hydrogens is 472 g/mol. The molecule has 2 unspecified atom stereocenters. The molecule has 1 aliphatic carbocycles. The Morgan fingerprint density at radius 3 is 2.44 bits per heavy atom. The zero-order valence-corrected chi connectivity index (χ0v) is 22.4. The summed E-state index contributed by atoms with van der Waals surface area (Å²) in [7, 11) is 0. The molecular formula is C28H34N4O3S. The van der Waals surface area contributed by atoms with Gasteiger partial charge < -0.3 is 15.0 Å². The summed E-state index contributed by atoms with van der Waals surface area (Å²) in [6, 6.07) is 10.1. The molecule has 1 saturated carbocycles. The van der Waals surface area contributed by atoms with E-state index in [1.807, 2.05) is 39.8 Å². The number of piperidine rings is 1. The fourth-order valence-electron chi connectivity index (χ4n) is 5.00. The summed E-state index contributed by atoms with van der Waals surface area (Å²) in [5.41, 5.74) is 2.18. The predicted molar refractivity (Wildman–Crippen MR) is 142 cm³/mol. The van der Waals surface area contributed by atoms with Crippen molar-refractivity contribution in [3.8, 4) is 0 Å². The Bertz CT molecular complexity index is 1290. The first kappa shape index (κ1) is 24.7. The van der Waals surface area contributed by atoms with E-state index in [2.05, 4.69) is 40.8 Å². The maximum absolute atomic E-state index is 13.0. The van der Waals surface area contributed by atoms with Gasteiger partial charge >= 0.3 is 6.09 Å². The van der Waals surface area contributed by atoms with Crippen LogP contribution >= 0.6 is 11.3 Å². The summed E-state index contributed by atoms with van der Waals surface area (Å²) in [5, 5.41) is 6.45. The van der Waals surface area contributed by atoms with Crippen LogP contribution in [0.25, 0.3) is 10.2 Å². The molecule has 1 N–H and O–H groups in total. The van der Waals surface area contributed by atoms with E-state index in [1.54, 1.807) is 16.2 Å². The molecule has 1 saturated heterocycles. The van der Waals surface area contributed by atoms with E-state index < -0.39 is 5.60 Å². The van der Waals surface area contributed by atoms with Gasteiger partial charge in [-0.1, -0.05) is 12.1 Å². The molecule has 190 valence electrons. The average Bonchev–Trinajstić information content (AvgIpc) is 3.47. The van der Waals surface area contributed by atoms with Crippen molar-refractivity contribution in [3.05, 3.63) is 58.4 Å². The summed E-state index contributed by atoms with van der Waals surface area (Å²) in [6.45, 7) is 10.7. The highest BCUT2D eigenvalue weighted by Gasteiger charge is 2.42. The largest absolute Gasteiger partial charge is 0.444 e. The van der Waals surface area contributed by atoms with E-state index in [-0.39, 0.29) is 17.5 Å². The highest BCUT2D eigenvalue weighted by Crippen LogP contribution is 2.55. The molecule has 2 fully saturated rings. The van der Waals surface area contributed by atoms with Gasteiger partial charge in [-0.3, -0.25) is 4.79 Å². The summed E-state index contributed by atoms with van der Waals surface area (Å²) in [4.78, 5) is 37.5. The van der Waals surface area contributed by atoms with Crippen molar-refractivity contribution in [1.82, 2.24) is 20.2 Å². The Morgan fingerprint density at radius 1 is 1.08 bits per heavy atom. The Labute approximate surface area is 216 Å². The smallest absolute Gasteiger partial charge is 0.410 e. The zero-order valence-electron chi connectivity index (χ0n) is 21.6. The number of benzene rings is 1. The maximum atomic E-state index is 13.0. The van der Waals surface area contributed by atoms with Gasteiger partial charge in [0.2, 0.25) is 0 Å². The van der Waals surface area contributed by atoms with E-state index in [4.69, 9.17) is 9.72 Å². The van der Waals surface area contributed by atoms with Crippen molar-refractivity contribution in [3.63, 3.8) is 0 Å². The molecule has 0 spiro atoms. The van der Waals surface area contributed by atoms with Crippen molar-refractivity contribution in [1.29, 1.82) is 0 Å². The molecule has 2 aliphatic rings. The number of aryl methyl sites for hydroxylation is 1. The van der Waals surface area contributed by atoms with Crippen molar-refractivity contribution < 1.29 is 14.3 Å². The van der Waals surface area contributed by atoms with Crippen LogP contribution in [0.2, 0.25) is 0 Å². The quantitative estimate of drug-likeness (QED) is 0.484. The number of carbonyl (C=O) groups is 2. The lowest BCUT2D eigenvalue weighted by Gasteiger charge is -2.40. The summed E-state index contributed by atoms with van der Waals surface area (Å²) in [5.74, 6) is 1.57. The van der Waals surface area contributed by atoms with Gasteiger partial charge in [0.1, 0.15) is 16.3 Å². The molecule has 36 heavy (non-hydrogen) atoms. The lowest BCUT2D eigenvalue weighted by molar-refractivity contribution is 0.0160. The number of carbonyl (C=O) groups excluding carboxylic acids is 2. The Balaban J connectivity index is 1.18. The Hall–Kier alpha value is -3.00. The van der Waals surface area contributed by atoms with Crippen molar-refractivity contribution >= 4 is 33.6 Å². The van der Waals surface area contributed by atoms with Crippen LogP contribution in [-0.2, 0) is 4.74 Å². The molecule has 8 heteroatoms. The van der Waals surface area contributed by atoms with Crippen molar-refractivity contribution in [2.45, 2.75) is 76.9 Å². The van der Waals surface area contributed by atoms with Gasteiger partial charge in [-0.2, -0.15) is 0 Å². The highest BCUT2D eigenvalue weighted by molar-refractivity contribution is 7.16. The van der Waals surface area contributed by atoms with E-state index in [0.29, 0.717) is 43.3 Å². The second-order valence-corrected chi connectivity index (χ2v) is 12.2. The van der Waals surface area contributed by atoms with Gasteiger partial charge in [0.15, 0.2) is 0 Å². The van der Waals surface area contributed by atoms with Crippen molar-refractivity contribution in [2.24, 2.45) is 0 Å². The van der Waals surface area contributed by atoms with Crippen molar-refractivity contribution in [2.75, 3.05) is 13.1 Å². The second kappa shape index (κ2) is 9.14. The highest BCUT2D eigenvalue weighted by atomic mass is 32.1. The molecule has 2 amide bonds. The SMILES string of the molecule is Cc1nc(C2CC2c2ccc(C(=O)NC3(C)CCN(C(=O)OC(C)(C)C)CC3)cc2)c2ccsc2n1. The zero-order chi connectivity index (χ0) is 25.7. The number of ether oxygens (including phenoxy) is 1. The first-order chi connectivity index (χ1) is 17.0. The molecule has 5 rings (SSSR count). The van der Waals surface area contributed by atoms with E-state index in [1.165, 1.54) is 10.9 Å². The van der Waals surface area contributed by atoms with Crippen LogP contribution < -0.4 is 5.32 Å². The third-order valence-electron chi connectivity index (χ3n) is 7.14. The third-order valence-corrected chi connectivity index (χ3v) is 7.95. The summed E-state index contributed by atoms with van der Waals surface area (Å²) in [6.07, 6.45) is 2.16. The number of fused-ring (bicyclic) bond motifs is 1. The fraction of sp³-hybridized carbons (Fsp3) is 0.500. The number of likely N-dealkylation sites (tertiary alicyclic amines) is 1. The predicted octanol–water partition coefficient (Wildman–Crippen LogP) is 5.79. The van der Waals surface area contributed by atoms with E-state index >= 15 is 0 Å². The van der Waals surface area contributed by atoms with Crippen LogP contribution in [0.1, 0.15) is 86.2 Å². The molecule has 1 aromatic carbocycles. The topological polar surface area (TPSA) is 84.4 Å². The minimum Gasteiger partial charge on any atom is -0.444 e. The van der Waals surface area contributed by atoms with Crippen LogP contribution in [0.4, 0.5) is 4.79 Å². The molecule has 7 nitrogen and oxygen atoms in total. The molecule has 2 atom stereocenters. The van der Waals surface area contributed by atoms with Gasteiger partial charge in [0.25, 0.3) is 5.91 Å². The van der Waals surface area contributed by atoms with Crippen LogP contribution in [0.5, 0.6) is 0 Å². The van der Waals surface area contributed by atoms with Crippen LogP contribution in [-0.4, -0.2) is 51.1 Å². The number of hydrogen-bond donors (Lipinski definition) is 1. The number of thiophene rings is 1. The lowest BCUT2D eigenvalue weighted by Crippen LogP contribution is -2.54. The first-order valence-corrected chi connectivity index (χ1v) is 13.5.